The lowest BCUT2D eigenvalue weighted by Crippen LogP contribution is -2.57. The fraction of sp³-hybridized carbons (Fsp3) is 0.560. The average Bonchev–Trinajstić information content (AvgIpc) is 2.85. The van der Waals surface area contributed by atoms with E-state index >= 15 is 0 Å². The molecule has 2 aromatic rings. The molecule has 2 saturated heterocycles. The van der Waals surface area contributed by atoms with Crippen LogP contribution in [-0.4, -0.2) is 64.5 Å². The van der Waals surface area contributed by atoms with E-state index in [-0.39, 0.29) is 23.6 Å². The number of rotatable bonds is 6. The highest BCUT2D eigenvalue weighted by atomic mass is 19.4. The summed E-state index contributed by atoms with van der Waals surface area (Å²) in [4.78, 5) is 23.8. The SMILES string of the molecule is Cc1c(OCCCN)ccc([C@H]2CCC[C@H]3CN(C(=O)c4cnc(C(F)(F)F)nc4)CCN32)c1C. The Kier molecular flexibility index (Phi) is 7.61. The maximum Gasteiger partial charge on any atom is 0.451 e. The maximum atomic E-state index is 13.0. The molecule has 2 aliphatic rings. The molecule has 0 bridgehead atoms. The Morgan fingerprint density at radius 3 is 2.57 bits per heavy atom. The molecule has 1 aromatic carbocycles. The van der Waals surface area contributed by atoms with Gasteiger partial charge in [0.25, 0.3) is 5.91 Å². The Morgan fingerprint density at radius 1 is 1.14 bits per heavy atom. The Morgan fingerprint density at radius 2 is 1.89 bits per heavy atom. The number of aromatic nitrogens is 2. The topological polar surface area (TPSA) is 84.6 Å². The predicted molar refractivity (Wildman–Crippen MR) is 125 cm³/mol. The largest absolute Gasteiger partial charge is 0.493 e. The number of hydrogen-bond donors (Lipinski definition) is 1. The molecule has 0 radical (unpaired) electrons. The first-order valence-electron chi connectivity index (χ1n) is 12.1. The van der Waals surface area contributed by atoms with Crippen molar-refractivity contribution in [3.05, 3.63) is 52.6 Å². The van der Waals surface area contributed by atoms with Crippen molar-refractivity contribution >= 4 is 5.91 Å². The standard InChI is InChI=1S/C25H32F3N5O2/c1-16-17(2)22(35-12-4-9-29)8-7-20(16)21-6-3-5-19-15-32(10-11-33(19)21)23(34)18-13-30-24(31-14-18)25(26,27)28/h7-8,13-14,19,21H,3-6,9-12,15,29H2,1-2H3/t19-,21+/m0/s1. The fourth-order valence-corrected chi connectivity index (χ4v) is 5.14. The smallest absolute Gasteiger partial charge is 0.451 e. The van der Waals surface area contributed by atoms with Gasteiger partial charge in [-0.25, -0.2) is 9.97 Å². The number of nitrogens with zero attached hydrogens (tertiary/aromatic N) is 4. The molecular weight excluding hydrogens is 459 g/mol. The number of halogens is 3. The lowest BCUT2D eigenvalue weighted by Gasteiger charge is -2.48. The average molecular weight is 492 g/mol. The Bertz CT molecular complexity index is 1040. The zero-order valence-corrected chi connectivity index (χ0v) is 20.1. The lowest BCUT2D eigenvalue weighted by atomic mass is 9.86. The summed E-state index contributed by atoms with van der Waals surface area (Å²) in [6.07, 6.45) is 1.19. The molecule has 4 rings (SSSR count). The van der Waals surface area contributed by atoms with Crippen LogP contribution in [0, 0.1) is 13.8 Å². The molecule has 0 spiro atoms. The van der Waals surface area contributed by atoms with Gasteiger partial charge in [0.05, 0.1) is 12.2 Å². The summed E-state index contributed by atoms with van der Waals surface area (Å²) >= 11 is 0. The second-order valence-corrected chi connectivity index (χ2v) is 9.28. The van der Waals surface area contributed by atoms with Crippen LogP contribution in [0.4, 0.5) is 13.2 Å². The molecule has 2 aliphatic heterocycles. The summed E-state index contributed by atoms with van der Waals surface area (Å²) in [6, 6.07) is 4.66. The Labute approximate surface area is 203 Å². The molecule has 2 fully saturated rings. The van der Waals surface area contributed by atoms with Crippen LogP contribution < -0.4 is 10.5 Å². The monoisotopic (exact) mass is 491 g/mol. The first-order valence-corrected chi connectivity index (χ1v) is 12.1. The minimum Gasteiger partial charge on any atom is -0.493 e. The van der Waals surface area contributed by atoms with E-state index in [4.69, 9.17) is 10.5 Å². The number of piperazine rings is 1. The number of hydrogen-bond acceptors (Lipinski definition) is 6. The summed E-state index contributed by atoms with van der Waals surface area (Å²) in [5.41, 5.74) is 9.30. The third kappa shape index (κ3) is 5.43. The minimum absolute atomic E-state index is 0.0792. The van der Waals surface area contributed by atoms with Crippen molar-refractivity contribution in [2.75, 3.05) is 32.8 Å². The summed E-state index contributed by atoms with van der Waals surface area (Å²) in [7, 11) is 0. The molecule has 0 aliphatic carbocycles. The Balaban J connectivity index is 1.45. The van der Waals surface area contributed by atoms with Crippen LogP contribution in [0.3, 0.4) is 0 Å². The highest BCUT2D eigenvalue weighted by molar-refractivity contribution is 5.93. The molecule has 3 heterocycles. The zero-order chi connectivity index (χ0) is 25.2. The Hall–Kier alpha value is -2.72. The van der Waals surface area contributed by atoms with E-state index in [2.05, 4.69) is 34.8 Å². The van der Waals surface area contributed by atoms with Crippen LogP contribution in [0.5, 0.6) is 5.75 Å². The molecule has 190 valence electrons. The number of benzene rings is 1. The lowest BCUT2D eigenvalue weighted by molar-refractivity contribution is -0.145. The molecule has 35 heavy (non-hydrogen) atoms. The van der Waals surface area contributed by atoms with Crippen molar-refractivity contribution in [1.82, 2.24) is 19.8 Å². The van der Waals surface area contributed by atoms with Gasteiger partial charge in [-0.2, -0.15) is 13.2 Å². The molecule has 10 heteroatoms. The van der Waals surface area contributed by atoms with Crippen LogP contribution in [0.25, 0.3) is 0 Å². The number of ether oxygens (including phenoxy) is 1. The second-order valence-electron chi connectivity index (χ2n) is 9.28. The molecule has 1 amide bonds. The van der Waals surface area contributed by atoms with Crippen molar-refractivity contribution in [1.29, 1.82) is 0 Å². The number of amides is 1. The number of fused-ring (bicyclic) bond motifs is 1. The van der Waals surface area contributed by atoms with Crippen LogP contribution in [0.2, 0.25) is 0 Å². The van der Waals surface area contributed by atoms with Crippen molar-refractivity contribution in [3.63, 3.8) is 0 Å². The van der Waals surface area contributed by atoms with Crippen LogP contribution in [0.15, 0.2) is 24.5 Å². The number of alkyl halides is 3. The third-order valence-electron chi connectivity index (χ3n) is 7.13. The van der Waals surface area contributed by atoms with E-state index in [1.165, 1.54) is 11.1 Å². The van der Waals surface area contributed by atoms with Gasteiger partial charge in [-0.15, -0.1) is 0 Å². The van der Waals surface area contributed by atoms with Gasteiger partial charge in [0.1, 0.15) is 5.75 Å². The van der Waals surface area contributed by atoms with Gasteiger partial charge in [0.2, 0.25) is 5.82 Å². The van der Waals surface area contributed by atoms with Gasteiger partial charge >= 0.3 is 6.18 Å². The van der Waals surface area contributed by atoms with E-state index < -0.39 is 12.0 Å². The van der Waals surface area contributed by atoms with E-state index in [0.29, 0.717) is 32.8 Å². The summed E-state index contributed by atoms with van der Waals surface area (Å²) in [5.74, 6) is -0.678. The molecule has 0 unspecified atom stereocenters. The maximum absolute atomic E-state index is 13.0. The highest BCUT2D eigenvalue weighted by Gasteiger charge is 2.38. The van der Waals surface area contributed by atoms with Gasteiger partial charge in [0, 0.05) is 44.1 Å². The predicted octanol–water partition coefficient (Wildman–Crippen LogP) is 3.89. The van der Waals surface area contributed by atoms with E-state index in [1.807, 2.05) is 6.07 Å². The van der Waals surface area contributed by atoms with Crippen LogP contribution in [0.1, 0.15) is 64.6 Å². The summed E-state index contributed by atoms with van der Waals surface area (Å²) in [6.45, 7) is 7.16. The zero-order valence-electron chi connectivity index (χ0n) is 20.1. The first kappa shape index (κ1) is 25.4. The van der Waals surface area contributed by atoms with Gasteiger partial charge in [0.15, 0.2) is 0 Å². The molecular formula is C25H32F3N5O2. The van der Waals surface area contributed by atoms with Crippen molar-refractivity contribution < 1.29 is 22.7 Å². The van der Waals surface area contributed by atoms with Crippen LogP contribution >= 0.6 is 0 Å². The van der Waals surface area contributed by atoms with Gasteiger partial charge in [-0.1, -0.05) is 6.07 Å². The quantitative estimate of drug-likeness (QED) is 0.618. The van der Waals surface area contributed by atoms with E-state index in [1.54, 1.807) is 4.90 Å². The minimum atomic E-state index is -4.63. The van der Waals surface area contributed by atoms with E-state index in [9.17, 15) is 18.0 Å². The summed E-state index contributed by atoms with van der Waals surface area (Å²) in [5, 5.41) is 0. The highest BCUT2D eigenvalue weighted by Crippen LogP contribution is 2.39. The number of piperidine rings is 1. The molecule has 7 nitrogen and oxygen atoms in total. The summed E-state index contributed by atoms with van der Waals surface area (Å²) < 4.78 is 44.1. The van der Waals surface area contributed by atoms with Gasteiger partial charge in [-0.05, 0) is 68.8 Å². The molecule has 2 N–H and O–H groups in total. The van der Waals surface area contributed by atoms with Crippen LogP contribution in [-0.2, 0) is 6.18 Å². The van der Waals surface area contributed by atoms with Crippen molar-refractivity contribution in [3.8, 4) is 5.75 Å². The third-order valence-corrected chi connectivity index (χ3v) is 7.13. The van der Waals surface area contributed by atoms with Gasteiger partial charge in [-0.3, -0.25) is 9.69 Å². The molecule has 2 atom stereocenters. The first-order chi connectivity index (χ1) is 16.7. The van der Waals surface area contributed by atoms with Gasteiger partial charge < -0.3 is 15.4 Å². The number of carbonyl (C=O) groups excluding carboxylic acids is 1. The van der Waals surface area contributed by atoms with Crippen molar-refractivity contribution in [2.45, 2.75) is 57.8 Å². The second kappa shape index (κ2) is 10.5. The number of carbonyl (C=O) groups is 1. The fourth-order valence-electron chi connectivity index (χ4n) is 5.14. The van der Waals surface area contributed by atoms with E-state index in [0.717, 1.165) is 49.4 Å². The molecule has 1 aromatic heterocycles. The van der Waals surface area contributed by atoms with Crippen molar-refractivity contribution in [2.24, 2.45) is 5.73 Å². The molecule has 0 saturated carbocycles. The normalized spacial score (nSPS) is 21.0. The number of nitrogens with two attached hydrogens (primary N) is 1.